The van der Waals surface area contributed by atoms with Gasteiger partial charge in [-0.1, -0.05) is 36.4 Å². The highest BCUT2D eigenvalue weighted by Crippen LogP contribution is 2.15. The molecule has 2 aromatic rings. The Balaban J connectivity index is 1.59. The first-order valence-corrected chi connectivity index (χ1v) is 8.03. The van der Waals surface area contributed by atoms with Crippen LogP contribution in [-0.4, -0.2) is 23.8 Å². The average molecular weight is 338 g/mol. The average Bonchev–Trinajstić information content (AvgIpc) is 3.07. The summed E-state index contributed by atoms with van der Waals surface area (Å²) in [7, 11) is 0. The zero-order chi connectivity index (χ0) is 17.6. The predicted molar refractivity (Wildman–Crippen MR) is 91.8 cm³/mol. The topological polar surface area (TPSA) is 84.5 Å². The molecule has 6 nitrogen and oxygen atoms in total. The summed E-state index contributed by atoms with van der Waals surface area (Å²) in [4.78, 5) is 35.5. The molecule has 1 saturated heterocycles. The lowest BCUT2D eigenvalue weighted by Crippen LogP contribution is -2.37. The normalized spacial score (nSPS) is 16.2. The first-order chi connectivity index (χ1) is 12.1. The van der Waals surface area contributed by atoms with E-state index in [4.69, 9.17) is 4.74 Å². The summed E-state index contributed by atoms with van der Waals surface area (Å²) in [5.74, 6) is -0.881. The fourth-order valence-electron chi connectivity index (χ4n) is 2.57. The van der Waals surface area contributed by atoms with Crippen LogP contribution in [0.15, 0.2) is 54.6 Å². The van der Waals surface area contributed by atoms with E-state index in [0.29, 0.717) is 24.1 Å². The zero-order valence-electron chi connectivity index (χ0n) is 13.5. The van der Waals surface area contributed by atoms with Crippen LogP contribution < -0.4 is 10.6 Å². The van der Waals surface area contributed by atoms with Crippen LogP contribution in [0.3, 0.4) is 0 Å². The second-order valence-electron chi connectivity index (χ2n) is 5.79. The summed E-state index contributed by atoms with van der Waals surface area (Å²) in [6, 6.07) is 15.4. The van der Waals surface area contributed by atoms with E-state index in [1.165, 1.54) is 0 Å². The Morgan fingerprint density at radius 3 is 2.64 bits per heavy atom. The van der Waals surface area contributed by atoms with Gasteiger partial charge in [-0.15, -0.1) is 0 Å². The van der Waals surface area contributed by atoms with Gasteiger partial charge in [-0.05, 0) is 30.2 Å². The molecule has 0 bridgehead atoms. The number of hydrogen-bond donors (Lipinski definition) is 2. The maximum absolute atomic E-state index is 12.2. The van der Waals surface area contributed by atoms with Gasteiger partial charge in [-0.3, -0.25) is 9.59 Å². The van der Waals surface area contributed by atoms with Gasteiger partial charge in [-0.25, -0.2) is 4.79 Å². The Hall–Kier alpha value is -3.15. The molecular formula is C19H18N2O4. The fraction of sp³-hybridized carbons (Fsp3) is 0.211. The molecule has 0 radical (unpaired) electrons. The molecule has 1 fully saturated rings. The molecule has 1 heterocycles. The van der Waals surface area contributed by atoms with Gasteiger partial charge in [-0.2, -0.15) is 0 Å². The maximum atomic E-state index is 12.2. The van der Waals surface area contributed by atoms with E-state index >= 15 is 0 Å². The third-order valence-corrected chi connectivity index (χ3v) is 3.89. The van der Waals surface area contributed by atoms with E-state index in [1.807, 2.05) is 30.3 Å². The molecule has 0 spiro atoms. The van der Waals surface area contributed by atoms with Gasteiger partial charge in [0.1, 0.15) is 12.6 Å². The molecule has 0 aromatic heterocycles. The highest BCUT2D eigenvalue weighted by Gasteiger charge is 2.27. The van der Waals surface area contributed by atoms with Crippen LogP contribution in [0.4, 0.5) is 5.69 Å². The molecule has 2 amide bonds. The van der Waals surface area contributed by atoms with Crippen LogP contribution in [-0.2, 0) is 20.9 Å². The first-order valence-electron chi connectivity index (χ1n) is 8.03. The van der Waals surface area contributed by atoms with E-state index in [1.54, 1.807) is 24.3 Å². The lowest BCUT2D eigenvalue weighted by molar-refractivity contribution is -0.122. The van der Waals surface area contributed by atoms with Crippen molar-refractivity contribution in [3.05, 3.63) is 65.7 Å². The van der Waals surface area contributed by atoms with Crippen LogP contribution in [0.25, 0.3) is 0 Å². The van der Waals surface area contributed by atoms with E-state index in [9.17, 15) is 14.4 Å². The van der Waals surface area contributed by atoms with E-state index in [-0.39, 0.29) is 18.4 Å². The van der Waals surface area contributed by atoms with E-state index in [2.05, 4.69) is 10.6 Å². The number of rotatable bonds is 5. The Labute approximate surface area is 145 Å². The molecule has 1 atom stereocenters. The molecule has 0 saturated carbocycles. The number of benzene rings is 2. The van der Waals surface area contributed by atoms with Crippen molar-refractivity contribution in [1.29, 1.82) is 0 Å². The number of anilines is 1. The third kappa shape index (κ3) is 4.44. The number of esters is 1. The number of amides is 2. The number of ether oxygens (including phenoxy) is 1. The van der Waals surface area contributed by atoms with E-state index < -0.39 is 12.0 Å². The highest BCUT2D eigenvalue weighted by molar-refractivity contribution is 6.00. The third-order valence-electron chi connectivity index (χ3n) is 3.89. The quantitative estimate of drug-likeness (QED) is 0.819. The molecule has 1 aliphatic heterocycles. The summed E-state index contributed by atoms with van der Waals surface area (Å²) in [5.41, 5.74) is 1.74. The van der Waals surface area contributed by atoms with Crippen LogP contribution >= 0.6 is 0 Å². The van der Waals surface area contributed by atoms with Gasteiger partial charge < -0.3 is 15.4 Å². The molecule has 128 valence electrons. The minimum atomic E-state index is -0.527. The van der Waals surface area contributed by atoms with Crippen molar-refractivity contribution in [2.24, 2.45) is 0 Å². The SMILES string of the molecule is O=C1CC[C@H](C(=O)Nc2cccc(C(=O)OCc3ccccc3)c2)N1. The van der Waals surface area contributed by atoms with E-state index in [0.717, 1.165) is 5.56 Å². The summed E-state index contributed by atoms with van der Waals surface area (Å²) in [6.45, 7) is 0.185. The highest BCUT2D eigenvalue weighted by atomic mass is 16.5. The molecular weight excluding hydrogens is 320 g/mol. The largest absolute Gasteiger partial charge is 0.457 e. The van der Waals surface area contributed by atoms with Crippen molar-refractivity contribution in [3.8, 4) is 0 Å². The van der Waals surface area contributed by atoms with Crippen LogP contribution in [0.5, 0.6) is 0 Å². The van der Waals surface area contributed by atoms with Gasteiger partial charge in [0, 0.05) is 12.1 Å². The minimum absolute atomic E-state index is 0.126. The Morgan fingerprint density at radius 2 is 1.92 bits per heavy atom. The molecule has 1 aliphatic rings. The molecule has 6 heteroatoms. The zero-order valence-corrected chi connectivity index (χ0v) is 13.5. The van der Waals surface area contributed by atoms with Crippen LogP contribution in [0, 0.1) is 0 Å². The van der Waals surface area contributed by atoms with Gasteiger partial charge in [0.2, 0.25) is 11.8 Å². The molecule has 0 aliphatic carbocycles. The predicted octanol–water partition coefficient (Wildman–Crippen LogP) is 2.26. The maximum Gasteiger partial charge on any atom is 0.338 e. The second kappa shape index (κ2) is 7.61. The van der Waals surface area contributed by atoms with Crippen molar-refractivity contribution in [2.75, 3.05) is 5.32 Å². The summed E-state index contributed by atoms with van der Waals surface area (Å²) >= 11 is 0. The van der Waals surface area contributed by atoms with Gasteiger partial charge in [0.15, 0.2) is 0 Å². The lowest BCUT2D eigenvalue weighted by atomic mass is 10.1. The van der Waals surface area contributed by atoms with Crippen molar-refractivity contribution < 1.29 is 19.1 Å². The number of nitrogens with one attached hydrogen (secondary N) is 2. The number of carbonyl (C=O) groups excluding carboxylic acids is 3. The summed E-state index contributed by atoms with van der Waals surface area (Å²) in [5, 5.41) is 5.32. The van der Waals surface area contributed by atoms with Crippen LogP contribution in [0.2, 0.25) is 0 Å². The van der Waals surface area contributed by atoms with Gasteiger partial charge >= 0.3 is 5.97 Å². The molecule has 2 N–H and O–H groups in total. The standard InChI is InChI=1S/C19H18N2O4/c22-17-10-9-16(21-17)18(23)20-15-8-4-7-14(11-15)19(24)25-12-13-5-2-1-3-6-13/h1-8,11,16H,9-10,12H2,(H,20,23)(H,21,22)/t16-/m1/s1. The molecule has 2 aromatic carbocycles. The smallest absolute Gasteiger partial charge is 0.338 e. The monoisotopic (exact) mass is 338 g/mol. The lowest BCUT2D eigenvalue weighted by Gasteiger charge is -2.12. The molecule has 25 heavy (non-hydrogen) atoms. The Morgan fingerprint density at radius 1 is 1.12 bits per heavy atom. The molecule has 3 rings (SSSR count). The number of carbonyl (C=O) groups is 3. The van der Waals surface area contributed by atoms with Crippen molar-refractivity contribution in [1.82, 2.24) is 5.32 Å². The fourth-order valence-corrected chi connectivity index (χ4v) is 2.57. The minimum Gasteiger partial charge on any atom is -0.457 e. The van der Waals surface area contributed by atoms with Gasteiger partial charge in [0.05, 0.1) is 5.56 Å². The van der Waals surface area contributed by atoms with Crippen molar-refractivity contribution in [3.63, 3.8) is 0 Å². The first kappa shape index (κ1) is 16.7. The van der Waals surface area contributed by atoms with Crippen LogP contribution in [0.1, 0.15) is 28.8 Å². The van der Waals surface area contributed by atoms with Gasteiger partial charge in [0.25, 0.3) is 0 Å². The second-order valence-corrected chi connectivity index (χ2v) is 5.79. The summed E-state index contributed by atoms with van der Waals surface area (Å²) < 4.78 is 5.28. The van der Waals surface area contributed by atoms with Crippen molar-refractivity contribution >= 4 is 23.5 Å². The summed E-state index contributed by atoms with van der Waals surface area (Å²) in [6.07, 6.45) is 0.827. The molecule has 0 unspecified atom stereocenters. The Kier molecular flexibility index (Phi) is 5.09. The Bertz CT molecular complexity index is 789. The number of hydrogen-bond acceptors (Lipinski definition) is 4. The van der Waals surface area contributed by atoms with Crippen molar-refractivity contribution in [2.45, 2.75) is 25.5 Å².